The molecule has 0 bridgehead atoms. The van der Waals surface area contributed by atoms with Gasteiger partial charge in [-0.05, 0) is 14.0 Å². The first-order valence-electron chi connectivity index (χ1n) is 5.78. The van der Waals surface area contributed by atoms with Gasteiger partial charge in [-0.15, -0.1) is 0 Å². The van der Waals surface area contributed by atoms with Crippen LogP contribution in [0.15, 0.2) is 0 Å². The maximum Gasteiger partial charge on any atom is 0.155 e. The van der Waals surface area contributed by atoms with Crippen LogP contribution in [0, 0.1) is 0 Å². The fourth-order valence-corrected chi connectivity index (χ4v) is 2.88. The molecule has 0 aromatic heterocycles. The Balaban J connectivity index is 2.34. The maximum atomic E-state index is 11.8. The monoisotopic (exact) mass is 249 g/mol. The molecule has 0 radical (unpaired) electrons. The van der Waals surface area contributed by atoms with E-state index in [0.29, 0.717) is 6.54 Å². The molecule has 0 aliphatic carbocycles. The number of rotatable bonds is 5. The van der Waals surface area contributed by atoms with Crippen LogP contribution in [0.4, 0.5) is 0 Å². The Labute approximate surface area is 98.5 Å². The Morgan fingerprint density at radius 1 is 1.25 bits per heavy atom. The van der Waals surface area contributed by atoms with E-state index in [-0.39, 0.29) is 12.3 Å². The second kappa shape index (κ2) is 5.95. The molecule has 0 aromatic rings. The maximum absolute atomic E-state index is 11.8. The minimum atomic E-state index is -3.00. The van der Waals surface area contributed by atoms with E-state index in [1.54, 1.807) is 6.92 Å². The predicted molar refractivity (Wildman–Crippen MR) is 66.2 cm³/mol. The smallest absolute Gasteiger partial charge is 0.155 e. The topological polar surface area (TPSA) is 66.6 Å². The summed E-state index contributed by atoms with van der Waals surface area (Å²) < 4.78 is 23.5. The van der Waals surface area contributed by atoms with Gasteiger partial charge in [-0.1, -0.05) is 0 Å². The van der Waals surface area contributed by atoms with Crippen LogP contribution in [0.25, 0.3) is 0 Å². The van der Waals surface area contributed by atoms with Gasteiger partial charge in [0.2, 0.25) is 0 Å². The molecule has 0 amide bonds. The van der Waals surface area contributed by atoms with Crippen molar-refractivity contribution in [3.8, 4) is 0 Å². The summed E-state index contributed by atoms with van der Waals surface area (Å²) in [5.74, 6) is 0.231. The first-order valence-corrected chi connectivity index (χ1v) is 7.50. The van der Waals surface area contributed by atoms with Gasteiger partial charge in [-0.3, -0.25) is 4.90 Å². The molecule has 1 fully saturated rings. The van der Waals surface area contributed by atoms with Crippen LogP contribution < -0.4 is 5.73 Å². The van der Waals surface area contributed by atoms with Gasteiger partial charge < -0.3 is 10.6 Å². The van der Waals surface area contributed by atoms with Gasteiger partial charge in [0, 0.05) is 39.3 Å². The van der Waals surface area contributed by atoms with Crippen LogP contribution in [-0.4, -0.2) is 75.5 Å². The summed E-state index contributed by atoms with van der Waals surface area (Å²) in [5.41, 5.74) is 5.39. The molecule has 1 unspecified atom stereocenters. The van der Waals surface area contributed by atoms with Crippen LogP contribution in [0.2, 0.25) is 0 Å². The Morgan fingerprint density at radius 2 is 1.81 bits per heavy atom. The molecule has 5 nitrogen and oxygen atoms in total. The molecule has 1 atom stereocenters. The molecule has 1 heterocycles. The number of sulfone groups is 1. The van der Waals surface area contributed by atoms with Gasteiger partial charge in [0.05, 0.1) is 11.0 Å². The summed E-state index contributed by atoms with van der Waals surface area (Å²) >= 11 is 0. The molecule has 96 valence electrons. The molecule has 1 rings (SSSR count). The van der Waals surface area contributed by atoms with Gasteiger partial charge in [0.15, 0.2) is 9.84 Å². The highest BCUT2D eigenvalue weighted by Gasteiger charge is 2.21. The van der Waals surface area contributed by atoms with E-state index < -0.39 is 15.1 Å². The van der Waals surface area contributed by atoms with Crippen molar-refractivity contribution in [2.75, 3.05) is 52.1 Å². The molecule has 1 aliphatic heterocycles. The van der Waals surface area contributed by atoms with Crippen molar-refractivity contribution >= 4 is 9.84 Å². The van der Waals surface area contributed by atoms with Crippen molar-refractivity contribution in [1.29, 1.82) is 0 Å². The van der Waals surface area contributed by atoms with Crippen LogP contribution in [0.3, 0.4) is 0 Å². The van der Waals surface area contributed by atoms with E-state index in [4.69, 9.17) is 5.73 Å². The average molecular weight is 249 g/mol. The summed E-state index contributed by atoms with van der Waals surface area (Å²) in [4.78, 5) is 4.47. The van der Waals surface area contributed by atoms with Gasteiger partial charge in [-0.2, -0.15) is 0 Å². The van der Waals surface area contributed by atoms with Crippen molar-refractivity contribution in [2.45, 2.75) is 12.2 Å². The van der Waals surface area contributed by atoms with Crippen LogP contribution in [0.5, 0.6) is 0 Å². The summed E-state index contributed by atoms with van der Waals surface area (Å²) in [6, 6.07) is 0. The van der Waals surface area contributed by atoms with E-state index in [1.807, 2.05) is 0 Å². The van der Waals surface area contributed by atoms with Crippen LogP contribution in [0.1, 0.15) is 6.92 Å². The number of likely N-dealkylation sites (N-methyl/N-ethyl adjacent to an activating group) is 1. The quantitative estimate of drug-likeness (QED) is 0.677. The SMILES string of the molecule is CC(CN)S(=O)(=O)CCN1CCN(C)CC1. The van der Waals surface area contributed by atoms with Crippen LogP contribution in [-0.2, 0) is 9.84 Å². The summed E-state index contributed by atoms with van der Waals surface area (Å²) in [5, 5.41) is -0.417. The molecular weight excluding hydrogens is 226 g/mol. The number of hydrogen-bond acceptors (Lipinski definition) is 5. The molecule has 16 heavy (non-hydrogen) atoms. The lowest BCUT2D eigenvalue weighted by Gasteiger charge is -2.32. The van der Waals surface area contributed by atoms with E-state index in [1.165, 1.54) is 0 Å². The zero-order valence-corrected chi connectivity index (χ0v) is 11.0. The summed E-state index contributed by atoms with van der Waals surface area (Å²) in [6.07, 6.45) is 0. The zero-order chi connectivity index (χ0) is 12.2. The van der Waals surface area contributed by atoms with Gasteiger partial charge >= 0.3 is 0 Å². The second-order valence-electron chi connectivity index (χ2n) is 4.56. The molecule has 0 saturated carbocycles. The summed E-state index contributed by atoms with van der Waals surface area (Å²) in [7, 11) is -0.916. The second-order valence-corrected chi connectivity index (χ2v) is 7.10. The number of hydrogen-bond donors (Lipinski definition) is 1. The first-order chi connectivity index (χ1) is 7.45. The Morgan fingerprint density at radius 3 is 2.31 bits per heavy atom. The van der Waals surface area contributed by atoms with Gasteiger partial charge in [-0.25, -0.2) is 8.42 Å². The summed E-state index contributed by atoms with van der Waals surface area (Å²) in [6.45, 7) is 6.50. The van der Waals surface area contributed by atoms with E-state index >= 15 is 0 Å². The van der Waals surface area contributed by atoms with Gasteiger partial charge in [0.1, 0.15) is 0 Å². The lowest BCUT2D eigenvalue weighted by atomic mass is 10.3. The Hall–Kier alpha value is -0.170. The van der Waals surface area contributed by atoms with Crippen LogP contribution >= 0.6 is 0 Å². The van der Waals surface area contributed by atoms with Crippen molar-refractivity contribution < 1.29 is 8.42 Å². The Kier molecular flexibility index (Phi) is 5.17. The van der Waals surface area contributed by atoms with E-state index in [0.717, 1.165) is 26.2 Å². The minimum absolute atomic E-state index is 0.213. The highest BCUT2D eigenvalue weighted by atomic mass is 32.2. The minimum Gasteiger partial charge on any atom is -0.329 e. The fraction of sp³-hybridized carbons (Fsp3) is 1.00. The standard InChI is InChI=1S/C10H23N3O2S/c1-10(9-11)16(14,15)8-7-13-5-3-12(2)4-6-13/h10H,3-9,11H2,1-2H3. The third-order valence-electron chi connectivity index (χ3n) is 3.23. The van der Waals surface area contributed by atoms with Gasteiger partial charge in [0.25, 0.3) is 0 Å². The largest absolute Gasteiger partial charge is 0.329 e. The molecule has 0 spiro atoms. The Bertz CT molecular complexity index is 297. The normalized spacial score (nSPS) is 22.2. The first kappa shape index (κ1) is 13.9. The number of nitrogens with zero attached hydrogens (tertiary/aromatic N) is 2. The van der Waals surface area contributed by atoms with Crippen molar-refractivity contribution in [3.05, 3.63) is 0 Å². The number of nitrogens with two attached hydrogens (primary N) is 1. The molecule has 2 N–H and O–H groups in total. The van der Waals surface area contributed by atoms with Crippen molar-refractivity contribution in [1.82, 2.24) is 9.80 Å². The molecule has 1 saturated heterocycles. The molecule has 0 aromatic carbocycles. The fourth-order valence-electron chi connectivity index (χ4n) is 1.68. The zero-order valence-electron chi connectivity index (χ0n) is 10.2. The third kappa shape index (κ3) is 4.01. The molecule has 1 aliphatic rings. The molecular formula is C10H23N3O2S. The van der Waals surface area contributed by atoms with Crippen molar-refractivity contribution in [3.63, 3.8) is 0 Å². The molecule has 6 heteroatoms. The average Bonchev–Trinajstić information content (AvgIpc) is 2.27. The highest BCUT2D eigenvalue weighted by molar-refractivity contribution is 7.92. The van der Waals surface area contributed by atoms with E-state index in [2.05, 4.69) is 16.8 Å². The lowest BCUT2D eigenvalue weighted by molar-refractivity contribution is 0.161. The lowest BCUT2D eigenvalue weighted by Crippen LogP contribution is -2.46. The predicted octanol–water partition coefficient (Wildman–Crippen LogP) is -1.00. The van der Waals surface area contributed by atoms with Crippen molar-refractivity contribution in [2.24, 2.45) is 5.73 Å². The van der Waals surface area contributed by atoms with E-state index in [9.17, 15) is 8.42 Å². The number of piperazine rings is 1. The third-order valence-corrected chi connectivity index (χ3v) is 5.40. The highest BCUT2D eigenvalue weighted by Crippen LogP contribution is 2.04.